The average molecular weight is 322 g/mol. The fraction of sp³-hybridized carbons (Fsp3) is 0.538. The molecule has 16 heavy (non-hydrogen) atoms. The molecule has 0 spiro atoms. The highest BCUT2D eigenvalue weighted by Crippen LogP contribution is 2.38. The Morgan fingerprint density at radius 2 is 1.88 bits per heavy atom. The summed E-state index contributed by atoms with van der Waals surface area (Å²) in [6.07, 6.45) is 6.26. The number of hydrogen-bond acceptors (Lipinski definition) is 0. The fourth-order valence-electron chi connectivity index (χ4n) is 2.41. The van der Waals surface area contributed by atoms with Crippen LogP contribution in [0.4, 0.5) is 0 Å². The van der Waals surface area contributed by atoms with Crippen LogP contribution in [0.1, 0.15) is 43.6 Å². The number of alkyl halides is 1. The molecule has 88 valence electrons. The molecule has 0 radical (unpaired) electrons. The van der Waals surface area contributed by atoms with Gasteiger partial charge in [0.15, 0.2) is 0 Å². The van der Waals surface area contributed by atoms with E-state index in [1.807, 2.05) is 18.2 Å². The molecule has 1 fully saturated rings. The lowest BCUT2D eigenvalue weighted by Gasteiger charge is -2.18. The molecule has 0 nitrogen and oxygen atoms in total. The lowest BCUT2D eigenvalue weighted by molar-refractivity contribution is 0.600. The van der Waals surface area contributed by atoms with Crippen LogP contribution in [0.5, 0.6) is 0 Å². The van der Waals surface area contributed by atoms with E-state index in [4.69, 9.17) is 23.2 Å². The van der Waals surface area contributed by atoms with Gasteiger partial charge in [-0.3, -0.25) is 0 Å². The summed E-state index contributed by atoms with van der Waals surface area (Å²) in [4.78, 5) is 0.620. The largest absolute Gasteiger partial charge is 0.0890 e. The van der Waals surface area contributed by atoms with Gasteiger partial charge in [-0.15, -0.1) is 0 Å². The first-order valence-electron chi connectivity index (χ1n) is 5.76. The first-order chi connectivity index (χ1) is 7.66. The summed E-state index contributed by atoms with van der Waals surface area (Å²) in [6.45, 7) is 0. The first kappa shape index (κ1) is 12.7. The molecule has 3 heteroatoms. The minimum Gasteiger partial charge on any atom is -0.0890 e. The molecular weight excluding hydrogens is 307 g/mol. The summed E-state index contributed by atoms with van der Waals surface area (Å²) in [5, 5.41) is 1.64. The number of halogens is 3. The Kier molecular flexibility index (Phi) is 4.57. The molecule has 2 unspecified atom stereocenters. The molecule has 2 atom stereocenters. The minimum atomic E-state index is 0.554. The van der Waals surface area contributed by atoms with Crippen LogP contribution in [0.15, 0.2) is 18.2 Å². The number of hydrogen-bond donors (Lipinski definition) is 0. The Balaban J connectivity index is 2.24. The van der Waals surface area contributed by atoms with Crippen molar-refractivity contribution in [3.63, 3.8) is 0 Å². The molecule has 0 N–H and O–H groups in total. The second-order valence-corrected chi connectivity index (χ2v) is 6.62. The summed E-state index contributed by atoms with van der Waals surface area (Å²) in [6, 6.07) is 5.79. The molecule has 1 aliphatic carbocycles. The van der Waals surface area contributed by atoms with Crippen LogP contribution in [0.3, 0.4) is 0 Å². The molecule has 0 saturated heterocycles. The second kappa shape index (κ2) is 5.75. The van der Waals surface area contributed by atoms with E-state index < -0.39 is 0 Å². The van der Waals surface area contributed by atoms with Crippen molar-refractivity contribution >= 4 is 39.1 Å². The van der Waals surface area contributed by atoms with E-state index in [9.17, 15) is 0 Å². The second-order valence-electron chi connectivity index (χ2n) is 4.48. The van der Waals surface area contributed by atoms with Gasteiger partial charge in [0.1, 0.15) is 0 Å². The molecule has 0 aromatic heterocycles. The summed E-state index contributed by atoms with van der Waals surface area (Å²) < 4.78 is 0. The van der Waals surface area contributed by atoms with Crippen LogP contribution in [-0.2, 0) is 0 Å². The Labute approximate surface area is 115 Å². The van der Waals surface area contributed by atoms with Crippen molar-refractivity contribution in [3.05, 3.63) is 33.8 Å². The predicted octanol–water partition coefficient (Wildman–Crippen LogP) is 5.80. The van der Waals surface area contributed by atoms with E-state index in [1.165, 1.54) is 37.7 Å². The van der Waals surface area contributed by atoms with Crippen LogP contribution in [0, 0.1) is 0 Å². The molecule has 1 saturated carbocycles. The van der Waals surface area contributed by atoms with Crippen LogP contribution in [0.25, 0.3) is 0 Å². The molecule has 0 heterocycles. The third kappa shape index (κ3) is 3.15. The Morgan fingerprint density at radius 3 is 2.69 bits per heavy atom. The van der Waals surface area contributed by atoms with Gasteiger partial charge in [-0.1, -0.05) is 52.0 Å². The predicted molar refractivity (Wildman–Crippen MR) is 75.0 cm³/mol. The molecule has 1 aromatic rings. The minimum absolute atomic E-state index is 0.554. The van der Waals surface area contributed by atoms with Gasteiger partial charge in [-0.25, -0.2) is 0 Å². The summed E-state index contributed by atoms with van der Waals surface area (Å²) >= 11 is 16.0. The maximum atomic E-state index is 6.26. The molecule has 1 aliphatic rings. The molecule has 2 rings (SSSR count). The van der Waals surface area contributed by atoms with Gasteiger partial charge < -0.3 is 0 Å². The third-order valence-corrected chi connectivity index (χ3v) is 4.67. The van der Waals surface area contributed by atoms with Crippen LogP contribution in [0.2, 0.25) is 10.0 Å². The topological polar surface area (TPSA) is 0 Å². The van der Waals surface area contributed by atoms with Crippen molar-refractivity contribution in [2.24, 2.45) is 0 Å². The Morgan fingerprint density at radius 1 is 1.12 bits per heavy atom. The van der Waals surface area contributed by atoms with E-state index in [1.54, 1.807) is 0 Å². The lowest BCUT2D eigenvalue weighted by Crippen LogP contribution is -2.04. The van der Waals surface area contributed by atoms with Crippen molar-refractivity contribution in [1.29, 1.82) is 0 Å². The summed E-state index contributed by atoms with van der Waals surface area (Å²) in [7, 11) is 0. The normalized spacial score (nSPS) is 26.4. The monoisotopic (exact) mass is 320 g/mol. The zero-order chi connectivity index (χ0) is 11.5. The highest BCUT2D eigenvalue weighted by molar-refractivity contribution is 9.09. The van der Waals surface area contributed by atoms with E-state index in [-0.39, 0.29) is 0 Å². The quantitative estimate of drug-likeness (QED) is 0.452. The molecule has 0 amide bonds. The van der Waals surface area contributed by atoms with Crippen molar-refractivity contribution < 1.29 is 0 Å². The summed E-state index contributed by atoms with van der Waals surface area (Å²) in [5.41, 5.74) is 1.22. The highest BCUT2D eigenvalue weighted by atomic mass is 79.9. The Bertz CT molecular complexity index is 365. The molecule has 0 aliphatic heterocycles. The molecule has 1 aromatic carbocycles. The van der Waals surface area contributed by atoms with Gasteiger partial charge in [-0.05, 0) is 48.9 Å². The van der Waals surface area contributed by atoms with Crippen molar-refractivity contribution in [3.8, 4) is 0 Å². The van der Waals surface area contributed by atoms with Crippen molar-refractivity contribution in [2.75, 3.05) is 0 Å². The third-order valence-electron chi connectivity index (χ3n) is 3.26. The SMILES string of the molecule is Clc1ccc(Cl)c(C2CCCCC(Br)C2)c1. The standard InChI is InChI=1S/C13H15BrCl2/c14-10-4-2-1-3-9(7-10)12-8-11(15)5-6-13(12)16/h5-6,8-10H,1-4,7H2. The zero-order valence-corrected chi connectivity index (χ0v) is 12.2. The van der Waals surface area contributed by atoms with Gasteiger partial charge in [0, 0.05) is 14.9 Å². The first-order valence-corrected chi connectivity index (χ1v) is 7.43. The van der Waals surface area contributed by atoms with Crippen LogP contribution >= 0.6 is 39.1 Å². The fourth-order valence-corrected chi connectivity index (χ4v) is 3.64. The number of benzene rings is 1. The van der Waals surface area contributed by atoms with Gasteiger partial charge >= 0.3 is 0 Å². The van der Waals surface area contributed by atoms with Crippen LogP contribution in [-0.4, -0.2) is 4.83 Å². The van der Waals surface area contributed by atoms with Crippen molar-refractivity contribution in [1.82, 2.24) is 0 Å². The average Bonchev–Trinajstić information content (AvgIpc) is 2.46. The zero-order valence-electron chi connectivity index (χ0n) is 9.06. The van der Waals surface area contributed by atoms with E-state index in [2.05, 4.69) is 15.9 Å². The van der Waals surface area contributed by atoms with Gasteiger partial charge in [-0.2, -0.15) is 0 Å². The maximum Gasteiger partial charge on any atom is 0.0441 e. The van der Waals surface area contributed by atoms with Crippen molar-refractivity contribution in [2.45, 2.75) is 42.8 Å². The van der Waals surface area contributed by atoms with E-state index in [0.29, 0.717) is 10.7 Å². The van der Waals surface area contributed by atoms with E-state index >= 15 is 0 Å². The maximum absolute atomic E-state index is 6.26. The smallest absolute Gasteiger partial charge is 0.0441 e. The highest BCUT2D eigenvalue weighted by Gasteiger charge is 2.21. The van der Waals surface area contributed by atoms with Gasteiger partial charge in [0.2, 0.25) is 0 Å². The molecular formula is C13H15BrCl2. The summed E-state index contributed by atoms with van der Waals surface area (Å²) in [5.74, 6) is 0.554. The number of rotatable bonds is 1. The molecule has 0 bridgehead atoms. The lowest BCUT2D eigenvalue weighted by atomic mass is 9.92. The van der Waals surface area contributed by atoms with Gasteiger partial charge in [0.25, 0.3) is 0 Å². The van der Waals surface area contributed by atoms with E-state index in [0.717, 1.165) is 10.0 Å². The Hall–Kier alpha value is 0.280. The van der Waals surface area contributed by atoms with Crippen LogP contribution < -0.4 is 0 Å². The van der Waals surface area contributed by atoms with Gasteiger partial charge in [0.05, 0.1) is 0 Å².